The van der Waals surface area contributed by atoms with E-state index in [9.17, 15) is 4.79 Å². The van der Waals surface area contributed by atoms with E-state index in [-0.39, 0.29) is 0 Å². The molecule has 102 valence electrons. The van der Waals surface area contributed by atoms with Crippen LogP contribution in [0, 0.1) is 0 Å². The van der Waals surface area contributed by atoms with Crippen LogP contribution in [0.2, 0.25) is 0 Å². The average molecular weight is 266 g/mol. The van der Waals surface area contributed by atoms with Crippen LogP contribution in [-0.2, 0) is 25.7 Å². The van der Waals surface area contributed by atoms with Crippen molar-refractivity contribution in [3.8, 4) is 5.75 Å². The fourth-order valence-corrected chi connectivity index (χ4v) is 2.90. The lowest BCUT2D eigenvalue weighted by Gasteiger charge is -2.16. The molecule has 2 heteroatoms. The summed E-state index contributed by atoms with van der Waals surface area (Å²) < 4.78 is 5.50. The summed E-state index contributed by atoms with van der Waals surface area (Å²) in [5.41, 5.74) is 5.55. The van der Waals surface area contributed by atoms with Crippen molar-refractivity contribution in [3.05, 3.63) is 64.2 Å². The Bertz CT molecular complexity index is 627. The van der Waals surface area contributed by atoms with Crippen LogP contribution in [0.4, 0.5) is 0 Å². The van der Waals surface area contributed by atoms with Crippen molar-refractivity contribution in [1.82, 2.24) is 0 Å². The molecule has 2 aromatic rings. The van der Waals surface area contributed by atoms with Gasteiger partial charge in [0.25, 0.3) is 0 Å². The number of rotatable bonds is 2. The Balaban J connectivity index is 2.10. The lowest BCUT2D eigenvalue weighted by atomic mass is 9.93. The van der Waals surface area contributed by atoms with Gasteiger partial charge < -0.3 is 4.74 Å². The molecule has 4 aliphatic rings. The van der Waals surface area contributed by atoms with E-state index in [1.165, 1.54) is 11.1 Å². The van der Waals surface area contributed by atoms with Gasteiger partial charge in [-0.3, -0.25) is 4.79 Å². The van der Waals surface area contributed by atoms with Crippen LogP contribution in [0.1, 0.15) is 32.6 Å². The molecule has 0 saturated carbocycles. The maximum absolute atomic E-state index is 11.5. The highest BCUT2D eigenvalue weighted by Crippen LogP contribution is 2.29. The van der Waals surface area contributed by atoms with Crippen molar-refractivity contribution in [2.45, 2.75) is 25.7 Å². The molecular weight excluding hydrogens is 248 g/mol. The summed E-state index contributed by atoms with van der Waals surface area (Å²) in [6, 6.07) is 13.0. The minimum atomic E-state index is 0.722. The van der Waals surface area contributed by atoms with Crippen molar-refractivity contribution in [1.29, 1.82) is 0 Å². The number of aldehydes is 1. The summed E-state index contributed by atoms with van der Waals surface area (Å²) in [7, 11) is 1.65. The van der Waals surface area contributed by atoms with E-state index in [0.29, 0.717) is 0 Å². The molecule has 0 amide bonds. The van der Waals surface area contributed by atoms with E-state index >= 15 is 0 Å². The van der Waals surface area contributed by atoms with E-state index in [2.05, 4.69) is 36.4 Å². The topological polar surface area (TPSA) is 26.3 Å². The zero-order valence-corrected chi connectivity index (χ0v) is 11.7. The molecule has 0 aliphatic heterocycles. The number of carbonyl (C=O) groups excluding carboxylic acids is 1. The molecule has 0 aromatic heterocycles. The Morgan fingerprint density at radius 1 is 0.850 bits per heavy atom. The van der Waals surface area contributed by atoms with Gasteiger partial charge in [0, 0.05) is 0 Å². The maximum atomic E-state index is 11.5. The normalized spacial score (nSPS) is 13.7. The molecule has 0 atom stereocenters. The van der Waals surface area contributed by atoms with Crippen LogP contribution in [0.25, 0.3) is 0 Å². The Morgan fingerprint density at radius 2 is 1.40 bits per heavy atom. The quantitative estimate of drug-likeness (QED) is 0.779. The third-order valence-electron chi connectivity index (χ3n) is 4.08. The first kappa shape index (κ1) is 12.9. The summed E-state index contributed by atoms with van der Waals surface area (Å²) in [6.07, 6.45) is 4.61. The number of hydrogen-bond donors (Lipinski definition) is 0. The number of methoxy groups -OCH3 is 1. The molecule has 4 bridgehead atoms. The van der Waals surface area contributed by atoms with Crippen LogP contribution in [-0.4, -0.2) is 13.4 Å². The maximum Gasteiger partial charge on any atom is 0.154 e. The van der Waals surface area contributed by atoms with Crippen molar-refractivity contribution < 1.29 is 9.53 Å². The van der Waals surface area contributed by atoms with Gasteiger partial charge in [0.2, 0.25) is 0 Å². The fraction of sp³-hybridized carbons (Fsp3) is 0.278. The smallest absolute Gasteiger partial charge is 0.154 e. The molecule has 6 rings (SSSR count). The molecule has 2 aromatic carbocycles. The predicted molar refractivity (Wildman–Crippen MR) is 79.6 cm³/mol. The monoisotopic (exact) mass is 266 g/mol. The first-order valence-electron chi connectivity index (χ1n) is 7.03. The van der Waals surface area contributed by atoms with E-state index in [1.54, 1.807) is 7.11 Å². The molecule has 0 heterocycles. The summed E-state index contributed by atoms with van der Waals surface area (Å²) in [4.78, 5) is 11.5. The number of aryl methyl sites for hydroxylation is 4. The molecule has 0 saturated heterocycles. The van der Waals surface area contributed by atoms with Crippen LogP contribution >= 0.6 is 0 Å². The zero-order chi connectivity index (χ0) is 13.9. The first-order chi connectivity index (χ1) is 9.81. The molecule has 0 radical (unpaired) electrons. The standard InChI is InChI=1S/C18H18O2/c1-20-18-16-9-7-14-4-2-13(3-5-14)6-8-15(10-11-16)17(18)12-19/h2-5,10-12H,6-9H2,1H3. The minimum Gasteiger partial charge on any atom is -0.496 e. The molecule has 2 nitrogen and oxygen atoms in total. The van der Waals surface area contributed by atoms with E-state index in [4.69, 9.17) is 4.74 Å². The highest BCUT2D eigenvalue weighted by molar-refractivity contribution is 5.82. The van der Waals surface area contributed by atoms with E-state index in [1.807, 2.05) is 0 Å². The second-order valence-electron chi connectivity index (χ2n) is 5.27. The molecule has 0 fully saturated rings. The summed E-state index contributed by atoms with van der Waals surface area (Å²) in [6.45, 7) is 0. The Kier molecular flexibility index (Phi) is 3.55. The predicted octanol–water partition coefficient (Wildman–Crippen LogP) is 3.39. The third kappa shape index (κ3) is 2.34. The number of hydrogen-bond acceptors (Lipinski definition) is 2. The number of carbonyl (C=O) groups is 1. The van der Waals surface area contributed by atoms with Crippen molar-refractivity contribution >= 4 is 6.29 Å². The van der Waals surface area contributed by atoms with Gasteiger partial charge in [0.15, 0.2) is 6.29 Å². The SMILES string of the molecule is COc1c2ccc(c1C=O)CCc1ccc(cc1)CC2. The third-order valence-corrected chi connectivity index (χ3v) is 4.08. The lowest BCUT2D eigenvalue weighted by molar-refractivity contribution is 0.111. The minimum absolute atomic E-state index is 0.722. The Morgan fingerprint density at radius 3 is 1.95 bits per heavy atom. The van der Waals surface area contributed by atoms with Crippen molar-refractivity contribution in [2.24, 2.45) is 0 Å². The zero-order valence-electron chi connectivity index (χ0n) is 11.7. The molecular formula is C18H18O2. The van der Waals surface area contributed by atoms with Crippen molar-refractivity contribution in [3.63, 3.8) is 0 Å². The Labute approximate surface area is 119 Å². The Hall–Kier alpha value is -2.09. The number of benzene rings is 2. The van der Waals surface area contributed by atoms with E-state index in [0.717, 1.165) is 54.4 Å². The molecule has 0 unspecified atom stereocenters. The van der Waals surface area contributed by atoms with Crippen LogP contribution in [0.3, 0.4) is 0 Å². The molecule has 0 spiro atoms. The van der Waals surface area contributed by atoms with Crippen LogP contribution in [0.5, 0.6) is 5.75 Å². The molecule has 20 heavy (non-hydrogen) atoms. The van der Waals surface area contributed by atoms with E-state index < -0.39 is 0 Å². The van der Waals surface area contributed by atoms with Gasteiger partial charge in [-0.15, -0.1) is 0 Å². The fourth-order valence-electron chi connectivity index (χ4n) is 2.90. The van der Waals surface area contributed by atoms with Gasteiger partial charge in [0.1, 0.15) is 5.75 Å². The van der Waals surface area contributed by atoms with Gasteiger partial charge >= 0.3 is 0 Å². The van der Waals surface area contributed by atoms with Gasteiger partial charge in [-0.25, -0.2) is 0 Å². The van der Waals surface area contributed by atoms with Crippen LogP contribution in [0.15, 0.2) is 36.4 Å². The van der Waals surface area contributed by atoms with Gasteiger partial charge in [-0.05, 0) is 47.9 Å². The summed E-state index contributed by atoms with van der Waals surface area (Å²) >= 11 is 0. The highest BCUT2D eigenvalue weighted by Gasteiger charge is 2.14. The van der Waals surface area contributed by atoms with Gasteiger partial charge in [-0.1, -0.05) is 36.4 Å². The van der Waals surface area contributed by atoms with Crippen molar-refractivity contribution in [2.75, 3.05) is 7.11 Å². The molecule has 4 aliphatic carbocycles. The summed E-state index contributed by atoms with van der Waals surface area (Å²) in [5, 5.41) is 0. The largest absolute Gasteiger partial charge is 0.496 e. The second kappa shape index (κ2) is 5.49. The molecule has 0 N–H and O–H groups in total. The van der Waals surface area contributed by atoms with Gasteiger partial charge in [-0.2, -0.15) is 0 Å². The average Bonchev–Trinajstić information content (AvgIpc) is 2.49. The second-order valence-corrected chi connectivity index (χ2v) is 5.27. The highest BCUT2D eigenvalue weighted by atomic mass is 16.5. The number of ether oxygens (including phenoxy) is 1. The lowest BCUT2D eigenvalue weighted by Crippen LogP contribution is -2.05. The van der Waals surface area contributed by atoms with Crippen LogP contribution < -0.4 is 4.74 Å². The summed E-state index contributed by atoms with van der Waals surface area (Å²) in [5.74, 6) is 0.757. The first-order valence-corrected chi connectivity index (χ1v) is 7.03. The van der Waals surface area contributed by atoms with Gasteiger partial charge in [0.05, 0.1) is 12.7 Å².